The van der Waals surface area contributed by atoms with Crippen LogP contribution in [0.1, 0.15) is 21.5 Å². The fraction of sp³-hybridized carbons (Fsp3) is 0.250. The van der Waals surface area contributed by atoms with E-state index < -0.39 is 5.97 Å². The van der Waals surface area contributed by atoms with Crippen molar-refractivity contribution in [3.8, 4) is 0 Å². The normalized spacial score (nSPS) is 16.5. The van der Waals surface area contributed by atoms with Gasteiger partial charge < -0.3 is 29.6 Å². The molecular formula is C32H33N7O4. The van der Waals surface area contributed by atoms with Gasteiger partial charge in [0.25, 0.3) is 5.91 Å². The number of nitrogens with zero attached hydrogens (tertiary/aromatic N) is 5. The molecule has 11 heteroatoms. The number of esters is 1. The number of benzene rings is 2. The van der Waals surface area contributed by atoms with Crippen molar-refractivity contribution in [3.05, 3.63) is 89.9 Å². The first-order valence-corrected chi connectivity index (χ1v) is 14.1. The number of anilines is 3. The Morgan fingerprint density at radius 1 is 1.02 bits per heavy atom. The molecule has 0 bridgehead atoms. The highest BCUT2D eigenvalue weighted by molar-refractivity contribution is 6.37. The fourth-order valence-electron chi connectivity index (χ4n) is 5.37. The van der Waals surface area contributed by atoms with Gasteiger partial charge in [0, 0.05) is 74.3 Å². The molecule has 2 aromatic carbocycles. The van der Waals surface area contributed by atoms with Gasteiger partial charge in [0.05, 0.1) is 36.2 Å². The number of hydrogen-bond donors (Lipinski definition) is 2. The third-order valence-corrected chi connectivity index (χ3v) is 7.97. The minimum absolute atomic E-state index is 0.0345. The van der Waals surface area contributed by atoms with E-state index in [0.29, 0.717) is 34.6 Å². The van der Waals surface area contributed by atoms with Crippen LogP contribution in [-0.4, -0.2) is 90.9 Å². The van der Waals surface area contributed by atoms with Crippen LogP contribution in [0.4, 0.5) is 17.1 Å². The van der Waals surface area contributed by atoms with Crippen molar-refractivity contribution in [1.82, 2.24) is 19.2 Å². The summed E-state index contributed by atoms with van der Waals surface area (Å²) in [6, 6.07) is 16.3. The number of pyridine rings is 1. The van der Waals surface area contributed by atoms with Crippen LogP contribution < -0.4 is 15.5 Å². The van der Waals surface area contributed by atoms with E-state index in [1.807, 2.05) is 53.2 Å². The standard InChI is InChI=1S/C32H33N7O4/c1-36-14-16-38(17-15-36)20-28(40)37(2)24-8-6-23(7-9-24)34-30(22-5-11-27-33-12-13-39(27)19-22)29-25-10-4-21(32(42)43-3)18-26(25)35-31(29)41/h4-13,18-19,34H,14-17,20H2,1-3H3,(H,35,41). The van der Waals surface area contributed by atoms with Gasteiger partial charge in [-0.3, -0.25) is 14.5 Å². The number of carbonyl (C=O) groups excluding carboxylic acids is 3. The van der Waals surface area contributed by atoms with E-state index in [2.05, 4.69) is 32.5 Å². The summed E-state index contributed by atoms with van der Waals surface area (Å²) in [5, 5.41) is 6.35. The predicted molar refractivity (Wildman–Crippen MR) is 166 cm³/mol. The number of carbonyl (C=O) groups is 3. The molecule has 220 valence electrons. The molecule has 11 nitrogen and oxygen atoms in total. The molecule has 1 saturated heterocycles. The molecule has 1 fully saturated rings. The monoisotopic (exact) mass is 579 g/mol. The summed E-state index contributed by atoms with van der Waals surface area (Å²) >= 11 is 0. The van der Waals surface area contributed by atoms with Gasteiger partial charge in [-0.25, -0.2) is 9.78 Å². The van der Waals surface area contributed by atoms with Crippen molar-refractivity contribution in [2.24, 2.45) is 0 Å². The summed E-state index contributed by atoms with van der Waals surface area (Å²) in [6.07, 6.45) is 5.46. The molecule has 0 spiro atoms. The van der Waals surface area contributed by atoms with E-state index in [1.165, 1.54) is 7.11 Å². The quantitative estimate of drug-likeness (QED) is 0.254. The molecular weight excluding hydrogens is 546 g/mol. The smallest absolute Gasteiger partial charge is 0.337 e. The zero-order valence-electron chi connectivity index (χ0n) is 24.3. The number of aromatic nitrogens is 2. The topological polar surface area (TPSA) is 112 Å². The van der Waals surface area contributed by atoms with Crippen molar-refractivity contribution in [3.63, 3.8) is 0 Å². The van der Waals surface area contributed by atoms with Gasteiger partial charge in [0.15, 0.2) is 0 Å². The van der Waals surface area contributed by atoms with Crippen molar-refractivity contribution in [1.29, 1.82) is 0 Å². The largest absolute Gasteiger partial charge is 0.465 e. The molecule has 2 aromatic heterocycles. The number of likely N-dealkylation sites (N-methyl/N-ethyl adjacent to an activating group) is 2. The van der Waals surface area contributed by atoms with Crippen molar-refractivity contribution < 1.29 is 19.1 Å². The van der Waals surface area contributed by atoms with Crippen molar-refractivity contribution in [2.45, 2.75) is 0 Å². The van der Waals surface area contributed by atoms with Gasteiger partial charge in [-0.15, -0.1) is 0 Å². The van der Waals surface area contributed by atoms with E-state index >= 15 is 0 Å². The number of piperazine rings is 1. The number of imidazole rings is 1. The predicted octanol–water partition coefficient (Wildman–Crippen LogP) is 3.26. The van der Waals surface area contributed by atoms with Crippen LogP contribution in [0.3, 0.4) is 0 Å². The molecule has 0 unspecified atom stereocenters. The molecule has 4 aromatic rings. The summed E-state index contributed by atoms with van der Waals surface area (Å²) in [4.78, 5) is 49.0. The van der Waals surface area contributed by atoms with E-state index in [-0.39, 0.29) is 11.8 Å². The minimum Gasteiger partial charge on any atom is -0.465 e. The van der Waals surface area contributed by atoms with Crippen molar-refractivity contribution >= 4 is 51.8 Å². The van der Waals surface area contributed by atoms with Gasteiger partial charge in [0.2, 0.25) is 5.91 Å². The number of rotatable bonds is 7. The second-order valence-electron chi connectivity index (χ2n) is 10.8. The SMILES string of the molecule is COC(=O)c1ccc2c(c1)NC(=O)C2=C(Nc1ccc(N(C)C(=O)CN2CCN(C)CC2)cc1)c1ccc2nccn2c1. The lowest BCUT2D eigenvalue weighted by Gasteiger charge is -2.32. The molecule has 0 aliphatic carbocycles. The number of nitrogens with one attached hydrogen (secondary N) is 2. The maximum absolute atomic E-state index is 13.4. The molecule has 2 aliphatic heterocycles. The highest BCUT2D eigenvalue weighted by Gasteiger charge is 2.30. The van der Waals surface area contributed by atoms with E-state index in [1.54, 1.807) is 36.3 Å². The molecule has 0 atom stereocenters. The second kappa shape index (κ2) is 11.7. The number of amides is 2. The Balaban J connectivity index is 1.30. The van der Waals surface area contributed by atoms with Crippen LogP contribution in [-0.2, 0) is 14.3 Å². The molecule has 2 aliphatic rings. The first kappa shape index (κ1) is 28.1. The lowest BCUT2D eigenvalue weighted by atomic mass is 9.99. The first-order chi connectivity index (χ1) is 20.8. The molecule has 43 heavy (non-hydrogen) atoms. The highest BCUT2D eigenvalue weighted by Crippen LogP contribution is 2.38. The lowest BCUT2D eigenvalue weighted by Crippen LogP contribution is -2.48. The van der Waals surface area contributed by atoms with Gasteiger partial charge in [0.1, 0.15) is 5.65 Å². The molecule has 0 radical (unpaired) electrons. The van der Waals surface area contributed by atoms with Gasteiger partial charge >= 0.3 is 5.97 Å². The highest BCUT2D eigenvalue weighted by atomic mass is 16.5. The fourth-order valence-corrected chi connectivity index (χ4v) is 5.37. The third-order valence-electron chi connectivity index (χ3n) is 7.97. The molecule has 4 heterocycles. The summed E-state index contributed by atoms with van der Waals surface area (Å²) < 4.78 is 6.73. The van der Waals surface area contributed by atoms with Gasteiger partial charge in [-0.1, -0.05) is 6.07 Å². The van der Waals surface area contributed by atoms with Crippen LogP contribution in [0.2, 0.25) is 0 Å². The van der Waals surface area contributed by atoms with Gasteiger partial charge in [-0.2, -0.15) is 0 Å². The zero-order valence-corrected chi connectivity index (χ0v) is 24.3. The Kier molecular flexibility index (Phi) is 7.66. The van der Waals surface area contributed by atoms with Gasteiger partial charge in [-0.05, 0) is 55.6 Å². The summed E-state index contributed by atoms with van der Waals surface area (Å²) in [7, 11) is 5.20. The molecule has 2 N–H and O–H groups in total. The number of ether oxygens (including phenoxy) is 1. The summed E-state index contributed by atoms with van der Waals surface area (Å²) in [5.41, 5.74) is 5.63. The Morgan fingerprint density at radius 3 is 2.51 bits per heavy atom. The zero-order chi connectivity index (χ0) is 30.1. The Bertz CT molecular complexity index is 1740. The average Bonchev–Trinajstić information content (AvgIpc) is 3.63. The minimum atomic E-state index is -0.481. The third kappa shape index (κ3) is 5.72. The second-order valence-corrected chi connectivity index (χ2v) is 10.8. The summed E-state index contributed by atoms with van der Waals surface area (Å²) in [6.45, 7) is 4.04. The first-order valence-electron chi connectivity index (χ1n) is 14.1. The van der Waals surface area contributed by atoms with Crippen LogP contribution >= 0.6 is 0 Å². The number of hydrogen-bond acceptors (Lipinski definition) is 8. The molecule has 2 amide bonds. The Morgan fingerprint density at radius 2 is 1.77 bits per heavy atom. The van der Waals surface area contributed by atoms with E-state index in [9.17, 15) is 14.4 Å². The maximum Gasteiger partial charge on any atom is 0.337 e. The van der Waals surface area contributed by atoms with Crippen LogP contribution in [0.15, 0.2) is 73.2 Å². The van der Waals surface area contributed by atoms with Crippen LogP contribution in [0.5, 0.6) is 0 Å². The average molecular weight is 580 g/mol. The van der Waals surface area contributed by atoms with E-state index in [0.717, 1.165) is 48.8 Å². The van der Waals surface area contributed by atoms with Crippen LogP contribution in [0.25, 0.3) is 16.9 Å². The summed E-state index contributed by atoms with van der Waals surface area (Å²) in [5.74, 6) is -0.742. The molecule has 6 rings (SSSR count). The lowest BCUT2D eigenvalue weighted by molar-refractivity contribution is -0.119. The Labute approximate surface area is 249 Å². The number of methoxy groups -OCH3 is 1. The van der Waals surface area contributed by atoms with E-state index in [4.69, 9.17) is 4.74 Å². The van der Waals surface area contributed by atoms with Crippen LogP contribution in [0, 0.1) is 0 Å². The Hall–Kier alpha value is -5.00. The molecule has 0 saturated carbocycles. The van der Waals surface area contributed by atoms with Crippen molar-refractivity contribution in [2.75, 3.05) is 69.5 Å². The number of fused-ring (bicyclic) bond motifs is 2. The maximum atomic E-state index is 13.4.